The molecule has 1 heterocycles. The first-order valence-electron chi connectivity index (χ1n) is 3.12. The molecule has 0 atom stereocenters. The van der Waals surface area contributed by atoms with Gasteiger partial charge in [0.1, 0.15) is 6.33 Å². The second-order valence-electron chi connectivity index (χ2n) is 1.84. The van der Waals surface area contributed by atoms with Crippen molar-refractivity contribution in [1.82, 2.24) is 9.97 Å². The number of hydrogen-bond acceptors (Lipinski definition) is 4. The van der Waals surface area contributed by atoms with Crippen LogP contribution in [0.25, 0.3) is 0 Å². The van der Waals surface area contributed by atoms with Crippen LogP contribution in [0.4, 0.5) is 5.69 Å². The summed E-state index contributed by atoms with van der Waals surface area (Å²) in [5.74, 6) is 0. The first-order chi connectivity index (χ1) is 4.93. The molecule has 0 aromatic carbocycles. The highest BCUT2D eigenvalue weighted by Crippen LogP contribution is 1.97. The van der Waals surface area contributed by atoms with E-state index in [0.29, 0.717) is 6.54 Å². The quantitative estimate of drug-likeness (QED) is 0.609. The molecule has 3 N–H and O–H groups in total. The maximum absolute atomic E-state index is 5.27. The molecule has 1 aromatic heterocycles. The molecule has 0 aliphatic heterocycles. The van der Waals surface area contributed by atoms with Crippen molar-refractivity contribution in [2.75, 3.05) is 18.4 Å². The first kappa shape index (κ1) is 6.95. The van der Waals surface area contributed by atoms with Gasteiger partial charge in [-0.1, -0.05) is 0 Å². The van der Waals surface area contributed by atoms with Gasteiger partial charge >= 0.3 is 0 Å². The van der Waals surface area contributed by atoms with Gasteiger partial charge in [0.2, 0.25) is 0 Å². The molecular formula is C6H10N4. The van der Waals surface area contributed by atoms with Crippen LogP contribution in [-0.2, 0) is 0 Å². The molecule has 10 heavy (non-hydrogen) atoms. The molecule has 0 saturated heterocycles. The SMILES string of the molecule is NCCNc1cncnc1. The summed E-state index contributed by atoms with van der Waals surface area (Å²) >= 11 is 0. The van der Waals surface area contributed by atoms with Crippen molar-refractivity contribution in [3.63, 3.8) is 0 Å². The Labute approximate surface area is 59.5 Å². The molecule has 0 amide bonds. The van der Waals surface area contributed by atoms with Crippen molar-refractivity contribution in [1.29, 1.82) is 0 Å². The van der Waals surface area contributed by atoms with Crippen molar-refractivity contribution in [3.8, 4) is 0 Å². The van der Waals surface area contributed by atoms with E-state index in [1.54, 1.807) is 12.4 Å². The summed E-state index contributed by atoms with van der Waals surface area (Å²) in [6.07, 6.45) is 4.92. The van der Waals surface area contributed by atoms with E-state index in [-0.39, 0.29) is 0 Å². The largest absolute Gasteiger partial charge is 0.381 e. The summed E-state index contributed by atoms with van der Waals surface area (Å²) in [4.78, 5) is 7.65. The van der Waals surface area contributed by atoms with Gasteiger partial charge in [-0.25, -0.2) is 9.97 Å². The van der Waals surface area contributed by atoms with Gasteiger partial charge in [0, 0.05) is 13.1 Å². The third kappa shape index (κ3) is 1.99. The molecule has 0 aliphatic carbocycles. The van der Waals surface area contributed by atoms with Gasteiger partial charge in [-0.3, -0.25) is 0 Å². The number of hydrogen-bond donors (Lipinski definition) is 2. The van der Waals surface area contributed by atoms with E-state index in [0.717, 1.165) is 12.2 Å². The van der Waals surface area contributed by atoms with Crippen molar-refractivity contribution in [2.45, 2.75) is 0 Å². The number of nitrogens with two attached hydrogens (primary N) is 1. The smallest absolute Gasteiger partial charge is 0.115 e. The van der Waals surface area contributed by atoms with Crippen LogP contribution in [0.5, 0.6) is 0 Å². The van der Waals surface area contributed by atoms with Gasteiger partial charge in [0.15, 0.2) is 0 Å². The average Bonchev–Trinajstić information content (AvgIpc) is 2.03. The second-order valence-corrected chi connectivity index (χ2v) is 1.84. The van der Waals surface area contributed by atoms with E-state index in [1.807, 2.05) is 0 Å². The van der Waals surface area contributed by atoms with E-state index in [9.17, 15) is 0 Å². The highest BCUT2D eigenvalue weighted by atomic mass is 14.9. The van der Waals surface area contributed by atoms with Crippen molar-refractivity contribution in [3.05, 3.63) is 18.7 Å². The number of rotatable bonds is 3. The van der Waals surface area contributed by atoms with Crippen molar-refractivity contribution in [2.24, 2.45) is 5.73 Å². The molecule has 0 radical (unpaired) electrons. The predicted octanol–water partition coefficient (Wildman–Crippen LogP) is -0.153. The Morgan fingerprint density at radius 1 is 1.40 bits per heavy atom. The molecule has 1 rings (SSSR count). The van der Waals surface area contributed by atoms with Crippen LogP contribution < -0.4 is 11.1 Å². The second kappa shape index (κ2) is 3.79. The van der Waals surface area contributed by atoms with Gasteiger partial charge in [-0.15, -0.1) is 0 Å². The summed E-state index contributed by atoms with van der Waals surface area (Å²) in [6, 6.07) is 0. The lowest BCUT2D eigenvalue weighted by Gasteiger charge is -2.00. The van der Waals surface area contributed by atoms with Crippen LogP contribution >= 0.6 is 0 Å². The van der Waals surface area contributed by atoms with Gasteiger partial charge in [0.05, 0.1) is 18.1 Å². The lowest BCUT2D eigenvalue weighted by Crippen LogP contribution is -2.13. The Morgan fingerprint density at radius 3 is 2.70 bits per heavy atom. The first-order valence-corrected chi connectivity index (χ1v) is 3.12. The van der Waals surface area contributed by atoms with E-state index in [4.69, 9.17) is 5.73 Å². The molecule has 0 fully saturated rings. The lowest BCUT2D eigenvalue weighted by molar-refractivity contribution is 1.01. The van der Waals surface area contributed by atoms with Crippen LogP contribution in [0.3, 0.4) is 0 Å². The number of nitrogens with zero attached hydrogens (tertiary/aromatic N) is 2. The predicted molar refractivity (Wildman–Crippen MR) is 39.6 cm³/mol. The molecular weight excluding hydrogens is 128 g/mol. The van der Waals surface area contributed by atoms with E-state index >= 15 is 0 Å². The zero-order chi connectivity index (χ0) is 7.23. The van der Waals surface area contributed by atoms with Crippen molar-refractivity contribution < 1.29 is 0 Å². The van der Waals surface area contributed by atoms with Crippen LogP contribution in [0.15, 0.2) is 18.7 Å². The molecule has 4 heteroatoms. The Kier molecular flexibility index (Phi) is 2.63. The zero-order valence-electron chi connectivity index (χ0n) is 5.62. The minimum Gasteiger partial charge on any atom is -0.381 e. The highest BCUT2D eigenvalue weighted by Gasteiger charge is 1.86. The van der Waals surface area contributed by atoms with Crippen LogP contribution in [0, 0.1) is 0 Å². The summed E-state index contributed by atoms with van der Waals surface area (Å²) in [6.45, 7) is 1.38. The van der Waals surface area contributed by atoms with Crippen LogP contribution in [0.1, 0.15) is 0 Å². The zero-order valence-corrected chi connectivity index (χ0v) is 5.62. The summed E-state index contributed by atoms with van der Waals surface area (Å²) in [5, 5.41) is 3.04. The van der Waals surface area contributed by atoms with Gasteiger partial charge in [-0.2, -0.15) is 0 Å². The number of aromatic nitrogens is 2. The lowest BCUT2D eigenvalue weighted by atomic mass is 10.5. The topological polar surface area (TPSA) is 63.8 Å². The number of nitrogens with one attached hydrogen (secondary N) is 1. The van der Waals surface area contributed by atoms with Crippen LogP contribution in [0.2, 0.25) is 0 Å². The van der Waals surface area contributed by atoms with Gasteiger partial charge in [0.25, 0.3) is 0 Å². The molecule has 54 valence electrons. The van der Waals surface area contributed by atoms with E-state index in [2.05, 4.69) is 15.3 Å². The Hall–Kier alpha value is -1.16. The fourth-order valence-corrected chi connectivity index (χ4v) is 0.607. The number of anilines is 1. The molecule has 0 aliphatic rings. The molecule has 4 nitrogen and oxygen atoms in total. The Morgan fingerprint density at radius 2 is 2.10 bits per heavy atom. The third-order valence-corrected chi connectivity index (χ3v) is 1.03. The minimum absolute atomic E-state index is 0.620. The summed E-state index contributed by atoms with van der Waals surface area (Å²) in [7, 11) is 0. The summed E-state index contributed by atoms with van der Waals surface area (Å²) < 4.78 is 0. The van der Waals surface area contributed by atoms with Gasteiger partial charge < -0.3 is 11.1 Å². The molecule has 0 spiro atoms. The monoisotopic (exact) mass is 138 g/mol. The van der Waals surface area contributed by atoms with E-state index in [1.165, 1.54) is 6.33 Å². The van der Waals surface area contributed by atoms with E-state index < -0.39 is 0 Å². The van der Waals surface area contributed by atoms with Gasteiger partial charge in [-0.05, 0) is 0 Å². The average molecular weight is 138 g/mol. The normalized spacial score (nSPS) is 9.30. The molecule has 0 unspecified atom stereocenters. The van der Waals surface area contributed by atoms with Crippen LogP contribution in [-0.4, -0.2) is 23.1 Å². The molecule has 0 bridgehead atoms. The fourth-order valence-electron chi connectivity index (χ4n) is 0.607. The Bertz CT molecular complexity index is 174. The Balaban J connectivity index is 2.43. The molecule has 0 saturated carbocycles. The highest BCUT2D eigenvalue weighted by molar-refractivity contribution is 5.36. The molecule has 1 aromatic rings. The van der Waals surface area contributed by atoms with Crippen molar-refractivity contribution >= 4 is 5.69 Å². The maximum Gasteiger partial charge on any atom is 0.115 e. The summed E-state index contributed by atoms with van der Waals surface area (Å²) in [5.41, 5.74) is 6.18. The standard InChI is InChI=1S/C6H10N4/c7-1-2-10-6-3-8-5-9-4-6/h3-5,10H,1-2,7H2. The maximum atomic E-state index is 5.27. The fraction of sp³-hybridized carbons (Fsp3) is 0.333. The minimum atomic E-state index is 0.620. The third-order valence-electron chi connectivity index (χ3n) is 1.03.